The molecule has 0 unspecified atom stereocenters. The monoisotopic (exact) mass is 515 g/mol. The second-order valence-electron chi connectivity index (χ2n) is 9.02. The Kier molecular flexibility index (Phi) is 11.9. The summed E-state index contributed by atoms with van der Waals surface area (Å²) in [6, 6.07) is 5.01. The Morgan fingerprint density at radius 1 is 0.811 bits per heavy atom. The van der Waals surface area contributed by atoms with Gasteiger partial charge in [-0.3, -0.25) is 23.5 Å². The fourth-order valence-corrected chi connectivity index (χ4v) is 2.70. The largest absolute Gasteiger partial charge is 0.383 e. The van der Waals surface area contributed by atoms with E-state index in [-0.39, 0.29) is 46.6 Å². The Bertz CT molecular complexity index is 1400. The van der Waals surface area contributed by atoms with Gasteiger partial charge in [-0.15, -0.1) is 0 Å². The van der Waals surface area contributed by atoms with Crippen LogP contribution in [0.5, 0.6) is 0 Å². The standard InChI is InChI=1S/C10H16N4O.C7H11N3O.C7H10N2O2/c1-8(2)14-6-5-9(12-10(14)15)11-7-13(3)4;1-5(2)10-4-3-6(8)9-7(10)11;1-5(2)9-4-3-6(10)8-7(9)11/h5-8H,1-4H3;3-5H,1-2H3,(H2,8,9,11);3-5H,1-2H3,(H,8,10,11). The van der Waals surface area contributed by atoms with E-state index in [1.807, 2.05) is 55.6 Å². The zero-order valence-corrected chi connectivity index (χ0v) is 22.6. The van der Waals surface area contributed by atoms with E-state index in [0.29, 0.717) is 5.82 Å². The number of aromatic nitrogens is 6. The molecule has 13 heteroatoms. The molecule has 0 atom stereocenters. The first-order chi connectivity index (χ1) is 17.2. The molecule has 13 nitrogen and oxygen atoms in total. The van der Waals surface area contributed by atoms with Crippen LogP contribution in [0.2, 0.25) is 0 Å². The second-order valence-corrected chi connectivity index (χ2v) is 9.02. The predicted octanol–water partition coefficient (Wildman–Crippen LogP) is 1.57. The Morgan fingerprint density at radius 2 is 1.30 bits per heavy atom. The number of rotatable bonds is 5. The first kappa shape index (κ1) is 30.7. The molecule has 37 heavy (non-hydrogen) atoms. The van der Waals surface area contributed by atoms with Gasteiger partial charge in [-0.2, -0.15) is 9.97 Å². The van der Waals surface area contributed by atoms with Gasteiger partial charge in [0, 0.05) is 56.9 Å². The third kappa shape index (κ3) is 10.5. The molecule has 0 amide bonds. The van der Waals surface area contributed by atoms with Crippen molar-refractivity contribution < 1.29 is 0 Å². The zero-order chi connectivity index (χ0) is 28.3. The summed E-state index contributed by atoms with van der Waals surface area (Å²) in [5.41, 5.74) is 4.04. The minimum Gasteiger partial charge on any atom is -0.383 e. The summed E-state index contributed by atoms with van der Waals surface area (Å²) in [5, 5.41) is 0. The predicted molar refractivity (Wildman–Crippen MR) is 146 cm³/mol. The van der Waals surface area contributed by atoms with Gasteiger partial charge in [0.2, 0.25) is 0 Å². The first-order valence-electron chi connectivity index (χ1n) is 11.7. The van der Waals surface area contributed by atoms with E-state index in [1.165, 1.54) is 21.4 Å². The number of hydrogen-bond donors (Lipinski definition) is 2. The lowest BCUT2D eigenvalue weighted by molar-refractivity contribution is 0.561. The maximum atomic E-state index is 11.5. The van der Waals surface area contributed by atoms with Crippen molar-refractivity contribution in [2.45, 2.75) is 59.7 Å². The van der Waals surface area contributed by atoms with Gasteiger partial charge in [-0.1, -0.05) is 0 Å². The quantitative estimate of drug-likeness (QED) is 0.381. The van der Waals surface area contributed by atoms with Crippen LogP contribution in [0.1, 0.15) is 59.7 Å². The highest BCUT2D eigenvalue weighted by Gasteiger charge is 2.02. The van der Waals surface area contributed by atoms with Gasteiger partial charge in [-0.05, 0) is 53.7 Å². The van der Waals surface area contributed by atoms with Gasteiger partial charge in [0.25, 0.3) is 5.56 Å². The molecule has 0 spiro atoms. The van der Waals surface area contributed by atoms with Crippen molar-refractivity contribution in [3.05, 3.63) is 78.6 Å². The van der Waals surface area contributed by atoms with E-state index in [4.69, 9.17) is 5.73 Å². The van der Waals surface area contributed by atoms with Gasteiger partial charge < -0.3 is 10.6 Å². The van der Waals surface area contributed by atoms with Crippen LogP contribution in [0.3, 0.4) is 0 Å². The number of aliphatic imine (C=N–C) groups is 1. The third-order valence-electron chi connectivity index (χ3n) is 4.61. The number of anilines is 1. The lowest BCUT2D eigenvalue weighted by Gasteiger charge is -2.08. The second kappa shape index (κ2) is 14.3. The van der Waals surface area contributed by atoms with Crippen molar-refractivity contribution in [1.82, 2.24) is 33.6 Å². The molecule has 202 valence electrons. The van der Waals surface area contributed by atoms with Crippen LogP contribution in [0.4, 0.5) is 11.6 Å². The van der Waals surface area contributed by atoms with Crippen LogP contribution < -0.4 is 28.4 Å². The Balaban J connectivity index is 0.000000283. The van der Waals surface area contributed by atoms with Crippen LogP contribution in [0.25, 0.3) is 0 Å². The summed E-state index contributed by atoms with van der Waals surface area (Å²) < 4.78 is 4.55. The molecule has 3 aromatic heterocycles. The Hall–Kier alpha value is -4.29. The first-order valence-corrected chi connectivity index (χ1v) is 11.7. The average molecular weight is 516 g/mol. The number of nitrogen functional groups attached to an aromatic ring is 1. The molecule has 0 saturated carbocycles. The smallest absolute Gasteiger partial charge is 0.349 e. The van der Waals surface area contributed by atoms with Gasteiger partial charge in [0.05, 0.1) is 6.34 Å². The van der Waals surface area contributed by atoms with Crippen LogP contribution in [0.15, 0.2) is 61.0 Å². The lowest BCUT2D eigenvalue weighted by Crippen LogP contribution is -2.29. The number of nitrogens with zero attached hydrogens (tertiary/aromatic N) is 7. The third-order valence-corrected chi connectivity index (χ3v) is 4.61. The maximum absolute atomic E-state index is 11.5. The molecule has 0 fully saturated rings. The van der Waals surface area contributed by atoms with E-state index < -0.39 is 0 Å². The van der Waals surface area contributed by atoms with Gasteiger partial charge >= 0.3 is 17.1 Å². The molecule has 3 N–H and O–H groups in total. The van der Waals surface area contributed by atoms with Crippen molar-refractivity contribution in [3.8, 4) is 0 Å². The van der Waals surface area contributed by atoms with E-state index in [0.717, 1.165) is 0 Å². The number of aromatic amines is 1. The molecule has 0 radical (unpaired) electrons. The van der Waals surface area contributed by atoms with Crippen LogP contribution >= 0.6 is 0 Å². The molecule has 0 aliphatic heterocycles. The van der Waals surface area contributed by atoms with Crippen LogP contribution in [-0.2, 0) is 0 Å². The lowest BCUT2D eigenvalue weighted by atomic mass is 10.4. The fourth-order valence-electron chi connectivity index (χ4n) is 2.70. The number of hydrogen-bond acceptors (Lipinski definition) is 8. The van der Waals surface area contributed by atoms with E-state index in [2.05, 4.69) is 19.9 Å². The summed E-state index contributed by atoms with van der Waals surface area (Å²) in [6.45, 7) is 11.5. The molecule has 3 rings (SSSR count). The van der Waals surface area contributed by atoms with E-state index >= 15 is 0 Å². The maximum Gasteiger partial charge on any atom is 0.349 e. The van der Waals surface area contributed by atoms with Crippen molar-refractivity contribution in [3.63, 3.8) is 0 Å². The van der Waals surface area contributed by atoms with E-state index in [1.54, 1.807) is 40.3 Å². The molecule has 0 aliphatic rings. The van der Waals surface area contributed by atoms with Gasteiger partial charge in [-0.25, -0.2) is 19.4 Å². The molecule has 0 aromatic carbocycles. The number of nitrogens with two attached hydrogens (primary N) is 1. The molecular weight excluding hydrogens is 478 g/mol. The van der Waals surface area contributed by atoms with Crippen molar-refractivity contribution >= 4 is 18.0 Å². The summed E-state index contributed by atoms with van der Waals surface area (Å²) in [5.74, 6) is 0.706. The SMILES string of the molecule is CC(C)n1ccc(=O)[nH]c1=O.CC(C)n1ccc(N)nc1=O.CC(C)n1ccc(N=CN(C)C)nc1=O. The summed E-state index contributed by atoms with van der Waals surface area (Å²) in [6.07, 6.45) is 6.46. The van der Waals surface area contributed by atoms with Gasteiger partial charge in [0.15, 0.2) is 5.82 Å². The molecule has 0 bridgehead atoms. The summed E-state index contributed by atoms with van der Waals surface area (Å²) >= 11 is 0. The highest BCUT2D eigenvalue weighted by molar-refractivity contribution is 5.58. The van der Waals surface area contributed by atoms with E-state index in [9.17, 15) is 19.2 Å². The molecular formula is C24H37N9O4. The Labute approximate surface area is 215 Å². The highest BCUT2D eigenvalue weighted by Crippen LogP contribution is 2.05. The highest BCUT2D eigenvalue weighted by atomic mass is 16.2. The zero-order valence-electron chi connectivity index (χ0n) is 22.6. The fraction of sp³-hybridized carbons (Fsp3) is 0.458. The van der Waals surface area contributed by atoms with Crippen molar-refractivity contribution in [2.75, 3.05) is 19.8 Å². The number of H-pyrrole nitrogens is 1. The van der Waals surface area contributed by atoms with Crippen molar-refractivity contribution in [1.29, 1.82) is 0 Å². The summed E-state index contributed by atoms with van der Waals surface area (Å²) in [7, 11) is 3.72. The number of nitrogens with one attached hydrogen (secondary N) is 1. The minimum absolute atomic E-state index is 0.0827. The van der Waals surface area contributed by atoms with Crippen LogP contribution in [-0.4, -0.2) is 54.0 Å². The molecule has 0 aliphatic carbocycles. The van der Waals surface area contributed by atoms with Crippen LogP contribution in [0, 0.1) is 0 Å². The molecule has 0 saturated heterocycles. The molecule has 3 aromatic rings. The average Bonchev–Trinajstić information content (AvgIpc) is 2.77. The molecule has 3 heterocycles. The Morgan fingerprint density at radius 3 is 1.73 bits per heavy atom. The van der Waals surface area contributed by atoms with Gasteiger partial charge in [0.1, 0.15) is 5.82 Å². The normalized spacial score (nSPS) is 10.8. The minimum atomic E-state index is -0.355. The summed E-state index contributed by atoms with van der Waals surface area (Å²) in [4.78, 5) is 59.6. The van der Waals surface area contributed by atoms with Crippen molar-refractivity contribution in [2.24, 2.45) is 4.99 Å². The topological polar surface area (TPSA) is 166 Å².